The van der Waals surface area contributed by atoms with E-state index in [0.717, 1.165) is 67.2 Å². The Morgan fingerprint density at radius 2 is 1.59 bits per heavy atom. The average Bonchev–Trinajstić information content (AvgIpc) is 3.57. The quantitative estimate of drug-likeness (QED) is 0.251. The van der Waals surface area contributed by atoms with Crippen LogP contribution < -0.4 is 15.5 Å². The number of benzene rings is 2. The molecule has 49 heavy (non-hydrogen) atoms. The van der Waals surface area contributed by atoms with Gasteiger partial charge in [-0.15, -0.1) is 0 Å². The molecular formula is C35H44N10O4. The number of hydrogen-bond donors (Lipinski definition) is 3. The van der Waals surface area contributed by atoms with Gasteiger partial charge in [0.2, 0.25) is 0 Å². The second-order valence-corrected chi connectivity index (χ2v) is 13.1. The number of rotatable bonds is 8. The van der Waals surface area contributed by atoms with Crippen molar-refractivity contribution in [1.82, 2.24) is 34.4 Å². The Morgan fingerprint density at radius 1 is 0.898 bits per heavy atom. The van der Waals surface area contributed by atoms with Crippen LogP contribution in [0, 0.1) is 0 Å². The minimum absolute atomic E-state index is 0.0883. The summed E-state index contributed by atoms with van der Waals surface area (Å²) in [4.78, 5) is 41.8. The van der Waals surface area contributed by atoms with E-state index in [4.69, 9.17) is 4.74 Å². The van der Waals surface area contributed by atoms with Crippen LogP contribution in [0.2, 0.25) is 0 Å². The zero-order valence-corrected chi connectivity index (χ0v) is 27.9. The molecular weight excluding hydrogens is 624 g/mol. The van der Waals surface area contributed by atoms with E-state index >= 15 is 0 Å². The molecule has 2 aromatic carbocycles. The number of nitrogens with one attached hydrogen (secondary N) is 2. The third-order valence-corrected chi connectivity index (χ3v) is 9.88. The summed E-state index contributed by atoms with van der Waals surface area (Å²) in [5.74, 6) is 0.811. The van der Waals surface area contributed by atoms with Crippen molar-refractivity contribution in [2.75, 3.05) is 88.1 Å². The Bertz CT molecular complexity index is 1730. The molecule has 0 bridgehead atoms. The van der Waals surface area contributed by atoms with Crippen molar-refractivity contribution in [3.63, 3.8) is 0 Å². The van der Waals surface area contributed by atoms with Crippen LogP contribution in [0.25, 0.3) is 11.0 Å². The number of morpholine rings is 1. The number of piperazine rings is 1. The molecule has 0 aliphatic carbocycles. The molecule has 3 N–H and O–H groups in total. The number of amides is 3. The van der Waals surface area contributed by atoms with Crippen LogP contribution in [0.4, 0.5) is 26.8 Å². The molecule has 3 aliphatic heterocycles. The number of fused-ring (bicyclic) bond motifs is 1. The average molecular weight is 669 g/mol. The maximum Gasteiger partial charge on any atom is 0.407 e. The third kappa shape index (κ3) is 7.77. The number of ether oxygens (including phenoxy) is 1. The van der Waals surface area contributed by atoms with Gasteiger partial charge in [0.05, 0.1) is 24.2 Å². The van der Waals surface area contributed by atoms with Crippen LogP contribution in [0.3, 0.4) is 0 Å². The lowest BCUT2D eigenvalue weighted by atomic mass is 10.1. The molecule has 0 radical (unpaired) electrons. The largest absolute Gasteiger partial charge is 0.465 e. The topological polar surface area (TPSA) is 144 Å². The van der Waals surface area contributed by atoms with Gasteiger partial charge in [-0.2, -0.15) is 5.10 Å². The maximum atomic E-state index is 12.8. The highest BCUT2D eigenvalue weighted by Gasteiger charge is 2.28. The second kappa shape index (κ2) is 14.8. The number of likely N-dealkylation sites (tertiary alicyclic amines) is 1. The maximum absolute atomic E-state index is 12.8. The Morgan fingerprint density at radius 3 is 2.29 bits per heavy atom. The molecule has 1 unspecified atom stereocenters. The van der Waals surface area contributed by atoms with Crippen molar-refractivity contribution in [3.8, 4) is 0 Å². The number of carboxylic acid groups (broad SMARTS) is 1. The van der Waals surface area contributed by atoms with Gasteiger partial charge in [0.15, 0.2) is 5.65 Å². The molecule has 3 amide bonds. The Labute approximate surface area is 285 Å². The first-order valence-electron chi connectivity index (χ1n) is 17.1. The fourth-order valence-corrected chi connectivity index (χ4v) is 6.90. The van der Waals surface area contributed by atoms with Gasteiger partial charge in [-0.3, -0.25) is 0 Å². The number of likely N-dealkylation sites (N-methyl/N-ethyl adjacent to an activating group) is 1. The van der Waals surface area contributed by atoms with Crippen LogP contribution in [0.1, 0.15) is 36.1 Å². The number of nitrogens with zero attached hydrogens (tertiary/aromatic N) is 8. The first-order valence-corrected chi connectivity index (χ1v) is 17.1. The molecule has 2 aromatic heterocycles. The highest BCUT2D eigenvalue weighted by atomic mass is 16.5. The van der Waals surface area contributed by atoms with Gasteiger partial charge in [-0.25, -0.2) is 24.2 Å². The highest BCUT2D eigenvalue weighted by Crippen LogP contribution is 2.32. The fraction of sp³-hybridized carbons (Fsp3) is 0.457. The predicted molar refractivity (Wildman–Crippen MR) is 187 cm³/mol. The van der Waals surface area contributed by atoms with Crippen molar-refractivity contribution in [1.29, 1.82) is 0 Å². The number of urea groups is 1. The first-order chi connectivity index (χ1) is 23.9. The standard InChI is InChI=1S/C35H44N10O4/c1-41-16-18-42(19-17-41)13-10-25-2-6-27(7-3-25)39-34(46)40-28-8-4-26(5-9-28)31-23-44(20-21-49-31)32-30-22-38-45(33(30)37-24-36-32)29-11-14-43(15-12-29)35(47)48/h2-9,22,24,29,31H,10-21,23H2,1H3,(H,47,48)(H2,39,40,46). The lowest BCUT2D eigenvalue weighted by Gasteiger charge is -2.34. The van der Waals surface area contributed by atoms with Gasteiger partial charge in [-0.05, 0) is 61.7 Å². The van der Waals surface area contributed by atoms with E-state index in [2.05, 4.69) is 59.6 Å². The number of carbonyl (C=O) groups excluding carboxylic acids is 1. The van der Waals surface area contributed by atoms with E-state index in [0.29, 0.717) is 51.3 Å². The number of carbonyl (C=O) groups is 2. The van der Waals surface area contributed by atoms with Crippen molar-refractivity contribution in [2.24, 2.45) is 0 Å². The zero-order chi connectivity index (χ0) is 33.7. The molecule has 14 nitrogen and oxygen atoms in total. The number of aromatic nitrogens is 4. The van der Waals surface area contributed by atoms with E-state index in [1.54, 1.807) is 6.33 Å². The summed E-state index contributed by atoms with van der Waals surface area (Å²) in [6, 6.07) is 15.6. The monoisotopic (exact) mass is 668 g/mol. The number of piperidine rings is 1. The minimum atomic E-state index is -0.879. The summed E-state index contributed by atoms with van der Waals surface area (Å²) < 4.78 is 8.08. The highest BCUT2D eigenvalue weighted by molar-refractivity contribution is 5.99. The molecule has 7 rings (SSSR count). The van der Waals surface area contributed by atoms with Gasteiger partial charge in [0.1, 0.15) is 18.2 Å². The van der Waals surface area contributed by atoms with Gasteiger partial charge in [-0.1, -0.05) is 24.3 Å². The molecule has 14 heteroatoms. The van der Waals surface area contributed by atoms with Crippen LogP contribution in [0.5, 0.6) is 0 Å². The van der Waals surface area contributed by atoms with Crippen molar-refractivity contribution < 1.29 is 19.4 Å². The van der Waals surface area contributed by atoms with Gasteiger partial charge >= 0.3 is 12.1 Å². The molecule has 0 spiro atoms. The van der Waals surface area contributed by atoms with Crippen LogP contribution >= 0.6 is 0 Å². The smallest absolute Gasteiger partial charge is 0.407 e. The Balaban J connectivity index is 0.921. The van der Waals surface area contributed by atoms with Crippen LogP contribution in [-0.4, -0.2) is 124 Å². The summed E-state index contributed by atoms with van der Waals surface area (Å²) in [7, 11) is 2.17. The van der Waals surface area contributed by atoms with E-state index in [1.165, 1.54) is 10.5 Å². The van der Waals surface area contributed by atoms with Crippen LogP contribution in [0.15, 0.2) is 61.1 Å². The lowest BCUT2D eigenvalue weighted by molar-refractivity contribution is 0.0396. The van der Waals surface area contributed by atoms with E-state index < -0.39 is 6.09 Å². The number of hydrogen-bond acceptors (Lipinski definition) is 9. The summed E-state index contributed by atoms with van der Waals surface area (Å²) in [5, 5.41) is 20.7. The molecule has 4 aromatic rings. The second-order valence-electron chi connectivity index (χ2n) is 13.1. The van der Waals surface area contributed by atoms with E-state index in [1.807, 2.05) is 47.3 Å². The summed E-state index contributed by atoms with van der Waals surface area (Å²) in [6.45, 7) is 8.31. The minimum Gasteiger partial charge on any atom is -0.465 e. The molecule has 3 fully saturated rings. The molecule has 3 aliphatic rings. The summed E-state index contributed by atoms with van der Waals surface area (Å²) >= 11 is 0. The van der Waals surface area contributed by atoms with Gasteiger partial charge in [0.25, 0.3) is 0 Å². The Hall–Kier alpha value is -4.79. The van der Waals surface area contributed by atoms with Gasteiger partial charge < -0.3 is 40.1 Å². The SMILES string of the molecule is CN1CCN(CCc2ccc(NC(=O)Nc3ccc(C4CN(c5ncnc6c5cnn6C5CCN(C(=O)O)CC5)CCO4)cc3)cc2)CC1. The van der Waals surface area contributed by atoms with Gasteiger partial charge in [0, 0.05) is 70.3 Å². The van der Waals surface area contributed by atoms with E-state index in [-0.39, 0.29) is 18.2 Å². The van der Waals surface area contributed by atoms with Crippen LogP contribution in [-0.2, 0) is 11.2 Å². The number of anilines is 3. The predicted octanol–water partition coefficient (Wildman–Crippen LogP) is 4.15. The Kier molecular flexibility index (Phi) is 9.87. The van der Waals surface area contributed by atoms with E-state index in [9.17, 15) is 14.7 Å². The normalized spacial score (nSPS) is 19.7. The van der Waals surface area contributed by atoms with Crippen molar-refractivity contribution >= 4 is 40.4 Å². The zero-order valence-electron chi connectivity index (χ0n) is 27.9. The molecule has 5 heterocycles. The molecule has 258 valence electrons. The molecule has 0 saturated carbocycles. The first kappa shape index (κ1) is 32.7. The van der Waals surface area contributed by atoms with Crippen molar-refractivity contribution in [3.05, 3.63) is 72.2 Å². The lowest BCUT2D eigenvalue weighted by Crippen LogP contribution is -2.45. The van der Waals surface area contributed by atoms with Crippen molar-refractivity contribution in [2.45, 2.75) is 31.4 Å². The summed E-state index contributed by atoms with van der Waals surface area (Å²) in [6.07, 6.45) is 4.72. The fourth-order valence-electron chi connectivity index (χ4n) is 6.90. The molecule has 1 atom stereocenters. The summed E-state index contributed by atoms with van der Waals surface area (Å²) in [5.41, 5.74) is 4.47. The molecule has 3 saturated heterocycles. The third-order valence-electron chi connectivity index (χ3n) is 9.88.